The number of aryl methyl sites for hydroxylation is 1. The minimum absolute atomic E-state index is 0. The van der Waals surface area contributed by atoms with Crippen LogP contribution in [0.5, 0.6) is 0 Å². The van der Waals surface area contributed by atoms with Crippen LogP contribution in [0.25, 0.3) is 0 Å². The van der Waals surface area contributed by atoms with E-state index in [2.05, 4.69) is 18.7 Å². The molecule has 8 nitrogen and oxygen atoms in total. The molecule has 0 N–H and O–H groups in total. The number of carbonyl (C=O) groups is 1. The number of sulfone groups is 2. The third-order valence-corrected chi connectivity index (χ3v) is 7.03. The number of benzene rings is 1. The summed E-state index contributed by atoms with van der Waals surface area (Å²) in [6, 6.07) is 7.58. The van der Waals surface area contributed by atoms with Gasteiger partial charge in [0.15, 0.2) is 0 Å². The van der Waals surface area contributed by atoms with Crippen molar-refractivity contribution in [2.24, 2.45) is 0 Å². The zero-order chi connectivity index (χ0) is 24.2. The molecule has 1 rings (SSSR count). The van der Waals surface area contributed by atoms with E-state index in [1.165, 1.54) is 12.5 Å². The van der Waals surface area contributed by atoms with Crippen molar-refractivity contribution in [1.29, 1.82) is 0 Å². The highest BCUT2D eigenvalue weighted by Gasteiger charge is 2.13. The predicted octanol–water partition coefficient (Wildman–Crippen LogP) is 2.21. The summed E-state index contributed by atoms with van der Waals surface area (Å²) in [6.45, 7) is 7.63. The Morgan fingerprint density at radius 3 is 1.85 bits per heavy atom. The lowest BCUT2D eigenvalue weighted by Gasteiger charge is -2.24. The van der Waals surface area contributed by atoms with E-state index in [4.69, 9.17) is 4.74 Å². The van der Waals surface area contributed by atoms with E-state index in [1.54, 1.807) is 4.90 Å². The van der Waals surface area contributed by atoms with Gasteiger partial charge in [-0.1, -0.05) is 26.0 Å². The Morgan fingerprint density at radius 1 is 0.879 bits per heavy atom. The zero-order valence-corrected chi connectivity index (χ0v) is 22.6. The van der Waals surface area contributed by atoms with E-state index in [9.17, 15) is 21.6 Å². The van der Waals surface area contributed by atoms with Crippen LogP contribution in [-0.2, 0) is 35.6 Å². The first-order valence-corrected chi connectivity index (χ1v) is 15.1. The van der Waals surface area contributed by atoms with E-state index in [-0.39, 0.29) is 43.0 Å². The minimum atomic E-state index is -3.16. The van der Waals surface area contributed by atoms with Crippen molar-refractivity contribution in [3.8, 4) is 0 Å². The van der Waals surface area contributed by atoms with Gasteiger partial charge in [-0.2, -0.15) is 0 Å². The number of ether oxygens (including phenoxy) is 1. The van der Waals surface area contributed by atoms with Gasteiger partial charge in [0, 0.05) is 44.3 Å². The summed E-state index contributed by atoms with van der Waals surface area (Å²) in [5.74, 6) is -0.287. The highest BCUT2D eigenvalue weighted by atomic mass is 35.5. The fourth-order valence-corrected chi connectivity index (χ4v) is 4.24. The minimum Gasteiger partial charge on any atom is -0.464 e. The molecule has 11 heteroatoms. The molecule has 0 heterocycles. The van der Waals surface area contributed by atoms with E-state index >= 15 is 0 Å². The average Bonchev–Trinajstić information content (AvgIpc) is 2.70. The highest BCUT2D eigenvalue weighted by Crippen LogP contribution is 2.17. The molecule has 33 heavy (non-hydrogen) atoms. The van der Waals surface area contributed by atoms with Crippen LogP contribution >= 0.6 is 12.4 Å². The summed E-state index contributed by atoms with van der Waals surface area (Å²) in [4.78, 5) is 15.9. The molecule has 0 spiro atoms. The van der Waals surface area contributed by atoms with Crippen molar-refractivity contribution in [1.82, 2.24) is 4.90 Å². The molecule has 0 saturated heterocycles. The Kier molecular flexibility index (Phi) is 14.9. The monoisotopic (exact) mass is 526 g/mol. The van der Waals surface area contributed by atoms with Crippen molar-refractivity contribution in [2.75, 3.05) is 68.2 Å². The molecule has 0 aromatic heterocycles. The molecule has 0 saturated carbocycles. The number of hydrogen-bond donors (Lipinski definition) is 0. The maximum Gasteiger partial charge on any atom is 0.305 e. The van der Waals surface area contributed by atoms with E-state index in [0.29, 0.717) is 19.4 Å². The normalized spacial score (nSPS) is 11.8. The molecule has 1 aromatic rings. The van der Waals surface area contributed by atoms with Crippen LogP contribution in [-0.4, -0.2) is 91.1 Å². The number of nitrogens with zero attached hydrogens (tertiary/aromatic N) is 2. The first-order valence-electron chi connectivity index (χ1n) is 11.0. The Morgan fingerprint density at radius 2 is 1.39 bits per heavy atom. The zero-order valence-electron chi connectivity index (χ0n) is 20.2. The molecule has 0 bridgehead atoms. The van der Waals surface area contributed by atoms with Crippen LogP contribution in [0.15, 0.2) is 24.3 Å². The smallest absolute Gasteiger partial charge is 0.305 e. The third kappa shape index (κ3) is 15.2. The quantitative estimate of drug-likeness (QED) is 0.302. The Balaban J connectivity index is 0.0000102. The molecule has 0 atom stereocenters. The highest BCUT2D eigenvalue weighted by molar-refractivity contribution is 7.90. The molecule has 0 amide bonds. The van der Waals surface area contributed by atoms with Gasteiger partial charge in [0.1, 0.15) is 26.3 Å². The summed E-state index contributed by atoms with van der Waals surface area (Å²) < 4.78 is 51.4. The van der Waals surface area contributed by atoms with Crippen molar-refractivity contribution >= 4 is 43.7 Å². The van der Waals surface area contributed by atoms with E-state index in [1.807, 2.05) is 24.3 Å². The molecule has 0 fully saturated rings. The molecular formula is C22H39ClN2O6S2. The van der Waals surface area contributed by atoms with Crippen molar-refractivity contribution in [3.63, 3.8) is 0 Å². The lowest BCUT2D eigenvalue weighted by Crippen LogP contribution is -2.33. The van der Waals surface area contributed by atoms with Crippen LogP contribution < -0.4 is 4.90 Å². The molecule has 0 aliphatic heterocycles. The van der Waals surface area contributed by atoms with Gasteiger partial charge in [0.25, 0.3) is 0 Å². The Hall–Kier alpha value is -1.36. The van der Waals surface area contributed by atoms with Gasteiger partial charge in [0.2, 0.25) is 0 Å². The average molecular weight is 527 g/mol. The summed E-state index contributed by atoms with van der Waals surface area (Å²) in [5.41, 5.74) is 1.83. The molecule has 0 aliphatic rings. The van der Waals surface area contributed by atoms with Crippen LogP contribution in [0.4, 0.5) is 5.69 Å². The SMILES string of the molecule is CCN(CC)CCOC(=O)CCCc1ccc(N(CCS(C)(=O)=O)CCS(C)(=O)=O)cc1.Cl. The number of carbonyl (C=O) groups excluding carboxylic acids is 1. The van der Waals surface area contributed by atoms with Crippen molar-refractivity contribution in [3.05, 3.63) is 29.8 Å². The summed E-state index contributed by atoms with van der Waals surface area (Å²) in [6.07, 6.45) is 4.08. The number of esters is 1. The van der Waals surface area contributed by atoms with Crippen molar-refractivity contribution < 1.29 is 26.4 Å². The van der Waals surface area contributed by atoms with Crippen molar-refractivity contribution in [2.45, 2.75) is 33.1 Å². The number of halogens is 1. The molecule has 0 radical (unpaired) electrons. The fraction of sp³-hybridized carbons (Fsp3) is 0.682. The number of likely N-dealkylation sites (N-methyl/N-ethyl adjacent to an activating group) is 1. The van der Waals surface area contributed by atoms with E-state index < -0.39 is 19.7 Å². The second-order valence-corrected chi connectivity index (χ2v) is 12.5. The summed E-state index contributed by atoms with van der Waals surface area (Å²) in [5, 5.41) is 0. The van der Waals surface area contributed by atoms with Gasteiger partial charge in [-0.3, -0.25) is 4.79 Å². The second-order valence-electron chi connectivity index (χ2n) is 8.01. The van der Waals surface area contributed by atoms with Crippen LogP contribution in [0.3, 0.4) is 0 Å². The first-order chi connectivity index (χ1) is 14.9. The number of rotatable bonds is 16. The van der Waals surface area contributed by atoms with Gasteiger partial charge in [-0.25, -0.2) is 16.8 Å². The van der Waals surface area contributed by atoms with Gasteiger partial charge >= 0.3 is 5.97 Å². The van der Waals surface area contributed by atoms with Gasteiger partial charge in [-0.15, -0.1) is 12.4 Å². The molecule has 1 aromatic carbocycles. The number of hydrogen-bond acceptors (Lipinski definition) is 8. The lowest BCUT2D eigenvalue weighted by molar-refractivity contribution is -0.144. The third-order valence-electron chi connectivity index (χ3n) is 5.18. The van der Waals surface area contributed by atoms with Crippen LogP contribution in [0, 0.1) is 0 Å². The molecule has 0 aliphatic carbocycles. The molecule has 0 unspecified atom stereocenters. The Labute approximate surface area is 205 Å². The van der Waals surface area contributed by atoms with E-state index in [0.717, 1.165) is 37.3 Å². The second kappa shape index (κ2) is 15.5. The Bertz CT molecular complexity index is 865. The topological polar surface area (TPSA) is 101 Å². The largest absolute Gasteiger partial charge is 0.464 e. The predicted molar refractivity (Wildman–Crippen MR) is 137 cm³/mol. The maximum atomic E-state index is 11.9. The lowest BCUT2D eigenvalue weighted by atomic mass is 10.1. The van der Waals surface area contributed by atoms with Crippen LogP contribution in [0.1, 0.15) is 32.3 Å². The summed E-state index contributed by atoms with van der Waals surface area (Å²) >= 11 is 0. The van der Waals surface area contributed by atoms with Crippen LogP contribution in [0.2, 0.25) is 0 Å². The number of anilines is 1. The van der Waals surface area contributed by atoms with Gasteiger partial charge < -0.3 is 14.5 Å². The molecular weight excluding hydrogens is 488 g/mol. The first kappa shape index (κ1) is 31.6. The van der Waals surface area contributed by atoms with Gasteiger partial charge in [-0.05, 0) is 43.6 Å². The molecule has 192 valence electrons. The summed E-state index contributed by atoms with van der Waals surface area (Å²) in [7, 11) is -6.32. The van der Waals surface area contributed by atoms with Gasteiger partial charge in [0.05, 0.1) is 11.5 Å². The standard InChI is InChI=1S/C22H38N2O6S2.ClH/c1-5-23(6-2)14-17-30-22(25)9-7-8-20-10-12-21(13-11-20)24(15-18-31(3,26)27)16-19-32(4,28)29;/h10-13H,5-9,14-19H2,1-4H3;1H. The fourth-order valence-electron chi connectivity index (χ4n) is 3.13. The maximum absolute atomic E-state index is 11.9.